The van der Waals surface area contributed by atoms with Crippen molar-refractivity contribution in [1.29, 1.82) is 5.26 Å². The fraction of sp³-hybridized carbons (Fsp3) is 0.800. The number of likely N-dealkylation sites (tertiary alicyclic amines) is 1. The highest BCUT2D eigenvalue weighted by atomic mass is 19.3. The number of rotatable bonds is 1. The summed E-state index contributed by atoms with van der Waals surface area (Å²) in [7, 11) is 0. The van der Waals surface area contributed by atoms with Crippen LogP contribution in [0.3, 0.4) is 0 Å². The van der Waals surface area contributed by atoms with Gasteiger partial charge in [-0.1, -0.05) is 0 Å². The van der Waals surface area contributed by atoms with Crippen LogP contribution >= 0.6 is 0 Å². The Morgan fingerprint density at radius 3 is 2.87 bits per heavy atom. The van der Waals surface area contributed by atoms with Gasteiger partial charge in [0.15, 0.2) is 0 Å². The van der Waals surface area contributed by atoms with Gasteiger partial charge in [0, 0.05) is 25.4 Å². The molecule has 82 valence electrons. The van der Waals surface area contributed by atoms with Crippen molar-refractivity contribution in [2.75, 3.05) is 13.1 Å². The number of hydrogen-bond acceptors (Lipinski definition) is 2. The summed E-state index contributed by atoms with van der Waals surface area (Å²) in [5, 5.41) is 8.36. The molecule has 2 fully saturated rings. The molecule has 3 nitrogen and oxygen atoms in total. The average molecular weight is 214 g/mol. The highest BCUT2D eigenvalue weighted by Crippen LogP contribution is 2.48. The van der Waals surface area contributed by atoms with Crippen molar-refractivity contribution in [2.24, 2.45) is 11.8 Å². The highest BCUT2D eigenvalue weighted by Gasteiger charge is 2.54. The zero-order valence-corrected chi connectivity index (χ0v) is 8.25. The van der Waals surface area contributed by atoms with Crippen LogP contribution < -0.4 is 0 Å². The number of amides is 1. The molecule has 15 heavy (non-hydrogen) atoms. The second-order valence-corrected chi connectivity index (χ2v) is 4.30. The van der Waals surface area contributed by atoms with Crippen molar-refractivity contribution in [3.05, 3.63) is 0 Å². The van der Waals surface area contributed by atoms with Crippen LogP contribution in [0.15, 0.2) is 0 Å². The Hall–Kier alpha value is -1.18. The molecule has 0 unspecified atom stereocenters. The van der Waals surface area contributed by atoms with Gasteiger partial charge >= 0.3 is 0 Å². The van der Waals surface area contributed by atoms with Crippen LogP contribution in [-0.4, -0.2) is 29.8 Å². The van der Waals surface area contributed by atoms with Gasteiger partial charge in [-0.15, -0.1) is 0 Å². The van der Waals surface area contributed by atoms with Crippen molar-refractivity contribution in [2.45, 2.75) is 25.2 Å². The predicted octanol–water partition coefficient (Wildman–Crippen LogP) is 1.40. The van der Waals surface area contributed by atoms with E-state index in [0.29, 0.717) is 13.0 Å². The molecule has 0 aromatic rings. The van der Waals surface area contributed by atoms with Crippen LogP contribution in [0.2, 0.25) is 0 Å². The molecule has 5 heteroatoms. The standard InChI is InChI=1S/C10H12F2N2O/c11-10(12)3-1-7-5-14(6-8(7)10)9(15)2-4-13/h7-8H,1-3,5-6H2/t7-,8-/m1/s1. The van der Waals surface area contributed by atoms with Crippen LogP contribution in [-0.2, 0) is 4.79 Å². The maximum atomic E-state index is 13.3. The van der Waals surface area contributed by atoms with Gasteiger partial charge in [0.1, 0.15) is 6.42 Å². The molecule has 2 atom stereocenters. The molecule has 1 amide bonds. The molecule has 1 saturated heterocycles. The smallest absolute Gasteiger partial charge is 0.252 e. The van der Waals surface area contributed by atoms with E-state index in [2.05, 4.69) is 0 Å². The number of alkyl halides is 2. The summed E-state index contributed by atoms with van der Waals surface area (Å²) in [5.41, 5.74) is 0. The number of halogens is 2. The van der Waals surface area contributed by atoms with Gasteiger partial charge in [-0.25, -0.2) is 8.78 Å². The van der Waals surface area contributed by atoms with Crippen LogP contribution in [0.25, 0.3) is 0 Å². The second kappa shape index (κ2) is 3.44. The lowest BCUT2D eigenvalue weighted by atomic mass is 9.99. The van der Waals surface area contributed by atoms with Crippen LogP contribution in [0.5, 0.6) is 0 Å². The van der Waals surface area contributed by atoms with E-state index in [1.54, 1.807) is 6.07 Å². The van der Waals surface area contributed by atoms with E-state index in [9.17, 15) is 13.6 Å². The third-order valence-electron chi connectivity index (χ3n) is 3.41. The van der Waals surface area contributed by atoms with Crippen molar-refractivity contribution in [3.63, 3.8) is 0 Å². The van der Waals surface area contributed by atoms with Gasteiger partial charge in [-0.3, -0.25) is 4.79 Å². The quantitative estimate of drug-likeness (QED) is 0.662. The van der Waals surface area contributed by atoms with Crippen LogP contribution in [0.4, 0.5) is 8.78 Å². The molecule has 0 radical (unpaired) electrons. The molecule has 2 rings (SSSR count). The number of nitriles is 1. The molecule has 2 aliphatic rings. The average Bonchev–Trinajstić information content (AvgIpc) is 2.68. The first kappa shape index (κ1) is 10.3. The number of hydrogen-bond donors (Lipinski definition) is 0. The SMILES string of the molecule is N#CCC(=O)N1C[C@H]2CCC(F)(F)[C@@H]2C1. The molecule has 0 bridgehead atoms. The third kappa shape index (κ3) is 1.69. The summed E-state index contributed by atoms with van der Waals surface area (Å²) >= 11 is 0. The molecule has 1 saturated carbocycles. The van der Waals surface area contributed by atoms with Crippen molar-refractivity contribution >= 4 is 5.91 Å². The fourth-order valence-corrected chi connectivity index (χ4v) is 2.59. The normalized spacial score (nSPS) is 32.5. The van der Waals surface area contributed by atoms with Crippen molar-refractivity contribution in [3.8, 4) is 6.07 Å². The largest absolute Gasteiger partial charge is 0.341 e. The van der Waals surface area contributed by atoms with Gasteiger partial charge in [-0.05, 0) is 12.3 Å². The Kier molecular flexibility index (Phi) is 2.37. The van der Waals surface area contributed by atoms with Crippen LogP contribution in [0.1, 0.15) is 19.3 Å². The number of nitrogens with zero attached hydrogens (tertiary/aromatic N) is 2. The molecule has 1 aliphatic heterocycles. The molecular weight excluding hydrogens is 202 g/mol. The van der Waals surface area contributed by atoms with Gasteiger partial charge < -0.3 is 4.90 Å². The lowest BCUT2D eigenvalue weighted by Crippen LogP contribution is -2.32. The summed E-state index contributed by atoms with van der Waals surface area (Å²) in [4.78, 5) is 12.8. The summed E-state index contributed by atoms with van der Waals surface area (Å²) in [6, 6.07) is 1.75. The zero-order chi connectivity index (χ0) is 11.1. The Bertz CT molecular complexity index is 324. The predicted molar refractivity (Wildman–Crippen MR) is 48.0 cm³/mol. The molecule has 1 aliphatic carbocycles. The minimum atomic E-state index is -2.62. The van der Waals surface area contributed by atoms with Gasteiger partial charge in [-0.2, -0.15) is 5.26 Å². The molecule has 0 aromatic heterocycles. The monoisotopic (exact) mass is 214 g/mol. The Morgan fingerprint density at radius 1 is 1.53 bits per heavy atom. The Labute approximate surface area is 86.7 Å². The third-order valence-corrected chi connectivity index (χ3v) is 3.41. The van der Waals surface area contributed by atoms with Gasteiger partial charge in [0.05, 0.1) is 6.07 Å². The van der Waals surface area contributed by atoms with Crippen molar-refractivity contribution in [1.82, 2.24) is 4.90 Å². The number of fused-ring (bicyclic) bond motifs is 1. The Balaban J connectivity index is 2.02. The topological polar surface area (TPSA) is 44.1 Å². The first-order valence-corrected chi connectivity index (χ1v) is 5.07. The lowest BCUT2D eigenvalue weighted by Gasteiger charge is -2.19. The minimum Gasteiger partial charge on any atom is -0.341 e. The van der Waals surface area contributed by atoms with E-state index >= 15 is 0 Å². The van der Waals surface area contributed by atoms with Gasteiger partial charge in [0.25, 0.3) is 5.92 Å². The molecular formula is C10H12F2N2O. The van der Waals surface area contributed by atoms with E-state index < -0.39 is 11.8 Å². The van der Waals surface area contributed by atoms with Crippen molar-refractivity contribution < 1.29 is 13.6 Å². The maximum absolute atomic E-state index is 13.3. The summed E-state index contributed by atoms with van der Waals surface area (Å²) < 4.78 is 26.6. The first-order valence-electron chi connectivity index (χ1n) is 5.07. The van der Waals surface area contributed by atoms with E-state index in [0.717, 1.165) is 0 Å². The second-order valence-electron chi connectivity index (χ2n) is 4.30. The summed E-state index contributed by atoms with van der Waals surface area (Å²) in [6.45, 7) is 0.527. The zero-order valence-electron chi connectivity index (χ0n) is 8.25. The highest BCUT2D eigenvalue weighted by molar-refractivity contribution is 5.78. The van der Waals surface area contributed by atoms with E-state index in [4.69, 9.17) is 5.26 Å². The lowest BCUT2D eigenvalue weighted by molar-refractivity contribution is -0.130. The minimum absolute atomic E-state index is 0.0530. The Morgan fingerprint density at radius 2 is 2.27 bits per heavy atom. The molecule has 0 spiro atoms. The van der Waals surface area contributed by atoms with E-state index in [-0.39, 0.29) is 31.2 Å². The van der Waals surface area contributed by atoms with Gasteiger partial charge in [0.2, 0.25) is 5.91 Å². The molecule has 0 aromatic carbocycles. The fourth-order valence-electron chi connectivity index (χ4n) is 2.59. The first-order chi connectivity index (χ1) is 7.04. The number of carbonyl (C=O) groups excluding carboxylic acids is 1. The summed E-state index contributed by atoms with van der Waals surface area (Å²) in [6.07, 6.45) is 0.238. The van der Waals surface area contributed by atoms with E-state index in [1.807, 2.05) is 0 Å². The molecule has 1 heterocycles. The maximum Gasteiger partial charge on any atom is 0.252 e. The number of carbonyl (C=O) groups is 1. The summed E-state index contributed by atoms with van der Waals surface area (Å²) in [5.74, 6) is -3.68. The molecule has 0 N–H and O–H groups in total. The van der Waals surface area contributed by atoms with E-state index in [1.165, 1.54) is 4.90 Å². The van der Waals surface area contributed by atoms with Crippen LogP contribution in [0, 0.1) is 23.2 Å².